The van der Waals surface area contributed by atoms with Gasteiger partial charge in [-0.05, 0) is 23.3 Å². The Labute approximate surface area is 184 Å². The van der Waals surface area contributed by atoms with Crippen LogP contribution >= 0.6 is 23.2 Å². The quantitative estimate of drug-likeness (QED) is 0.260. The summed E-state index contributed by atoms with van der Waals surface area (Å²) in [6, 6.07) is 14.0. The molecule has 0 unspecified atom stereocenters. The number of para-hydroxylation sites is 3. The normalized spacial score (nSPS) is 13.8. The molecule has 2 aromatic rings. The van der Waals surface area contributed by atoms with Gasteiger partial charge in [0.1, 0.15) is 0 Å². The predicted molar refractivity (Wildman–Crippen MR) is 111 cm³/mol. The van der Waals surface area contributed by atoms with Crippen molar-refractivity contribution in [2.75, 3.05) is 5.34 Å². The van der Waals surface area contributed by atoms with Crippen molar-refractivity contribution in [2.45, 2.75) is 0 Å². The molecule has 0 saturated heterocycles. The van der Waals surface area contributed by atoms with E-state index in [9.17, 15) is 9.90 Å². The molecule has 0 heterocycles. The van der Waals surface area contributed by atoms with Crippen LogP contribution in [0.1, 0.15) is 5.56 Å². The van der Waals surface area contributed by atoms with Crippen molar-refractivity contribution < 1.29 is 27.0 Å². The number of hydrogen-bond acceptors (Lipinski definition) is 3. The summed E-state index contributed by atoms with van der Waals surface area (Å²) in [5.74, 6) is -0.162. The topological polar surface area (TPSA) is 66.6 Å². The van der Waals surface area contributed by atoms with Crippen molar-refractivity contribution in [2.24, 2.45) is 4.99 Å². The van der Waals surface area contributed by atoms with Gasteiger partial charge >= 0.3 is 17.1 Å². The van der Waals surface area contributed by atoms with E-state index in [-0.39, 0.29) is 33.9 Å². The molecule has 0 spiro atoms. The molecular formula is C21H16Cl2CuN2O2. The minimum Gasteiger partial charge on any atom is -0.872 e. The van der Waals surface area contributed by atoms with Crippen molar-refractivity contribution in [1.82, 2.24) is 0 Å². The summed E-state index contributed by atoms with van der Waals surface area (Å²) >= 11 is 9.53. The number of hydrogen-bond donors (Lipinski definition) is 0. The van der Waals surface area contributed by atoms with E-state index in [1.807, 2.05) is 12.1 Å². The second-order valence-electron chi connectivity index (χ2n) is 5.18. The SMILES string of the molecule is ClCCl.O=C1C=CC=C/C1=C/[N-]c1ccccc1N=Cc1ccccc1[O-].[Cu+2]. The molecule has 1 aliphatic rings. The molecule has 0 aromatic heterocycles. The summed E-state index contributed by atoms with van der Waals surface area (Å²) in [4.78, 5) is 16.1. The van der Waals surface area contributed by atoms with Crippen LogP contribution in [0.3, 0.4) is 0 Å². The molecule has 4 nitrogen and oxygen atoms in total. The first-order valence-electron chi connectivity index (χ1n) is 7.97. The van der Waals surface area contributed by atoms with Gasteiger partial charge < -0.3 is 10.4 Å². The molecule has 2 aromatic carbocycles. The summed E-state index contributed by atoms with van der Waals surface area (Å²) in [7, 11) is 0. The van der Waals surface area contributed by atoms with Gasteiger partial charge in [0.15, 0.2) is 5.78 Å². The predicted octanol–water partition coefficient (Wildman–Crippen LogP) is 5.51. The van der Waals surface area contributed by atoms with Gasteiger partial charge in [-0.2, -0.15) is 6.20 Å². The Balaban J connectivity index is 0.000000921. The first-order chi connectivity index (χ1) is 13.2. The largest absolute Gasteiger partial charge is 2.00 e. The van der Waals surface area contributed by atoms with E-state index in [0.717, 1.165) is 0 Å². The molecule has 0 bridgehead atoms. The number of carbonyl (C=O) groups excluding carboxylic acids is 1. The van der Waals surface area contributed by atoms with Crippen molar-refractivity contribution in [3.8, 4) is 5.75 Å². The van der Waals surface area contributed by atoms with Crippen LogP contribution in [-0.2, 0) is 21.9 Å². The molecule has 1 aliphatic carbocycles. The first kappa shape index (κ1) is 23.7. The van der Waals surface area contributed by atoms with Crippen molar-refractivity contribution in [1.29, 1.82) is 0 Å². The third-order valence-corrected chi connectivity index (χ3v) is 3.41. The van der Waals surface area contributed by atoms with Crippen molar-refractivity contribution in [3.63, 3.8) is 0 Å². The fourth-order valence-corrected chi connectivity index (χ4v) is 2.14. The first-order valence-corrected chi connectivity index (χ1v) is 9.03. The Bertz CT molecular complexity index is 909. The van der Waals surface area contributed by atoms with E-state index in [0.29, 0.717) is 22.5 Å². The molecule has 0 atom stereocenters. The van der Waals surface area contributed by atoms with Crippen LogP contribution in [0.15, 0.2) is 89.6 Å². The third kappa shape index (κ3) is 7.37. The molecular weight excluding hydrogens is 447 g/mol. The molecule has 147 valence electrons. The number of allylic oxidation sites excluding steroid dienone is 5. The zero-order valence-corrected chi connectivity index (χ0v) is 17.0. The van der Waals surface area contributed by atoms with Crippen LogP contribution in [0, 0.1) is 0 Å². The van der Waals surface area contributed by atoms with E-state index in [4.69, 9.17) is 23.2 Å². The summed E-state index contributed by atoms with van der Waals surface area (Å²) in [6.45, 7) is 0. The van der Waals surface area contributed by atoms with Crippen LogP contribution in [-0.4, -0.2) is 17.3 Å². The molecule has 0 N–H and O–H groups in total. The van der Waals surface area contributed by atoms with E-state index in [2.05, 4.69) is 10.3 Å². The summed E-state index contributed by atoms with van der Waals surface area (Å²) in [5.41, 5.74) is 2.28. The van der Waals surface area contributed by atoms with Crippen molar-refractivity contribution in [3.05, 3.63) is 95.5 Å². The Hall–Kier alpha value is -2.30. The van der Waals surface area contributed by atoms with Crippen LogP contribution < -0.4 is 5.11 Å². The van der Waals surface area contributed by atoms with E-state index in [1.165, 1.54) is 24.6 Å². The minimum absolute atomic E-state index is 0. The van der Waals surface area contributed by atoms with Gasteiger partial charge in [-0.3, -0.25) is 9.79 Å². The Morgan fingerprint density at radius 2 is 1.64 bits per heavy atom. The number of alkyl halides is 2. The molecule has 1 radical (unpaired) electrons. The summed E-state index contributed by atoms with van der Waals surface area (Å²) in [5, 5.41) is 16.3. The second-order valence-corrected chi connectivity index (χ2v) is 5.99. The average Bonchev–Trinajstić information content (AvgIpc) is 2.68. The van der Waals surface area contributed by atoms with Crippen molar-refractivity contribution >= 4 is 46.6 Å². The number of benzene rings is 2. The van der Waals surface area contributed by atoms with Gasteiger partial charge in [-0.15, -0.1) is 34.6 Å². The fourth-order valence-electron chi connectivity index (χ4n) is 2.14. The Kier molecular flexibility index (Phi) is 11.0. The van der Waals surface area contributed by atoms with Gasteiger partial charge in [-0.25, -0.2) is 0 Å². The maximum absolute atomic E-state index is 11.7. The van der Waals surface area contributed by atoms with Crippen LogP contribution in [0.4, 0.5) is 11.4 Å². The zero-order chi connectivity index (χ0) is 19.5. The molecule has 0 fully saturated rings. The minimum atomic E-state index is -0.0810. The maximum Gasteiger partial charge on any atom is 2.00 e. The molecule has 28 heavy (non-hydrogen) atoms. The Morgan fingerprint density at radius 1 is 1.00 bits per heavy atom. The number of ketones is 1. The summed E-state index contributed by atoms with van der Waals surface area (Å²) in [6.07, 6.45) is 9.74. The standard InChI is InChI=1S/C20H16N2O2.CH2Cl2.Cu/c23-19-11-5-1-7-15(19)13-21-17-9-3-4-10-18(17)22-14-16-8-2-6-12-20(16)24;2-1-3;/h1-14H,(H2,21,22,23,24);1H2;/q;;+2/p-2. The molecule has 3 rings (SSSR count). The Morgan fingerprint density at radius 3 is 2.36 bits per heavy atom. The average molecular weight is 463 g/mol. The monoisotopic (exact) mass is 461 g/mol. The second kappa shape index (κ2) is 13.0. The molecule has 0 aliphatic heterocycles. The zero-order valence-electron chi connectivity index (χ0n) is 14.6. The smallest absolute Gasteiger partial charge is 0.872 e. The number of nitrogens with zero attached hydrogens (tertiary/aromatic N) is 2. The number of aliphatic imine (C=N–C) groups is 1. The van der Waals surface area contributed by atoms with Crippen LogP contribution in [0.5, 0.6) is 5.75 Å². The number of halogens is 2. The van der Waals surface area contributed by atoms with E-state index >= 15 is 0 Å². The van der Waals surface area contributed by atoms with E-state index in [1.54, 1.807) is 48.6 Å². The van der Waals surface area contributed by atoms with Gasteiger partial charge in [0.05, 0.1) is 5.34 Å². The fraction of sp³-hybridized carbons (Fsp3) is 0.0476. The third-order valence-electron chi connectivity index (χ3n) is 3.41. The van der Waals surface area contributed by atoms with Gasteiger partial charge in [0.25, 0.3) is 0 Å². The molecule has 0 saturated carbocycles. The maximum atomic E-state index is 11.7. The molecule has 0 amide bonds. The van der Waals surface area contributed by atoms with Crippen LogP contribution in [0.2, 0.25) is 0 Å². The van der Waals surface area contributed by atoms with Gasteiger partial charge in [-0.1, -0.05) is 60.7 Å². The summed E-state index contributed by atoms with van der Waals surface area (Å²) < 4.78 is 0. The number of carbonyl (C=O) groups is 1. The van der Waals surface area contributed by atoms with Gasteiger partial charge in [0.2, 0.25) is 0 Å². The van der Waals surface area contributed by atoms with E-state index < -0.39 is 0 Å². The van der Waals surface area contributed by atoms with Crippen LogP contribution in [0.25, 0.3) is 5.32 Å². The molecule has 7 heteroatoms. The number of rotatable bonds is 4. The van der Waals surface area contributed by atoms with Gasteiger partial charge in [0, 0.05) is 11.9 Å².